The molecular formula is C14H23N3O. The van der Waals surface area contributed by atoms with Gasteiger partial charge in [-0.1, -0.05) is 13.8 Å². The van der Waals surface area contributed by atoms with E-state index < -0.39 is 0 Å². The molecule has 0 spiro atoms. The number of aromatic nitrogens is 2. The molecule has 1 saturated carbocycles. The van der Waals surface area contributed by atoms with Gasteiger partial charge in [-0.3, -0.25) is 0 Å². The number of ether oxygens (including phenoxy) is 1. The van der Waals surface area contributed by atoms with Gasteiger partial charge in [0.25, 0.3) is 0 Å². The monoisotopic (exact) mass is 249 g/mol. The fourth-order valence-electron chi connectivity index (χ4n) is 2.21. The van der Waals surface area contributed by atoms with Crippen LogP contribution in [0.2, 0.25) is 0 Å². The first-order valence-corrected chi connectivity index (χ1v) is 6.78. The van der Waals surface area contributed by atoms with Gasteiger partial charge in [0.15, 0.2) is 0 Å². The number of rotatable bonds is 6. The Morgan fingerprint density at radius 1 is 1.39 bits per heavy atom. The predicted octanol–water partition coefficient (Wildman–Crippen LogP) is 3.03. The van der Waals surface area contributed by atoms with E-state index in [1.54, 1.807) is 0 Å². The summed E-state index contributed by atoms with van der Waals surface area (Å²) < 4.78 is 5.43. The van der Waals surface area contributed by atoms with E-state index in [1.807, 2.05) is 19.9 Å². The lowest BCUT2D eigenvalue weighted by Gasteiger charge is -2.20. The number of anilines is 1. The fraction of sp³-hybridized carbons (Fsp3) is 0.714. The average Bonchev–Trinajstić information content (AvgIpc) is 3.07. The molecule has 0 radical (unpaired) electrons. The highest BCUT2D eigenvalue weighted by Crippen LogP contribution is 2.51. The molecule has 0 aliphatic heterocycles. The van der Waals surface area contributed by atoms with Gasteiger partial charge >= 0.3 is 0 Å². The molecule has 0 aromatic carbocycles. The van der Waals surface area contributed by atoms with Crippen molar-refractivity contribution < 1.29 is 4.74 Å². The van der Waals surface area contributed by atoms with Crippen molar-refractivity contribution in [1.82, 2.24) is 9.97 Å². The number of hydrogen-bond donors (Lipinski definition) is 1. The molecular weight excluding hydrogens is 226 g/mol. The Bertz CT molecular complexity index is 414. The summed E-state index contributed by atoms with van der Waals surface area (Å²) in [6, 6.07) is 1.87. The Kier molecular flexibility index (Phi) is 3.73. The summed E-state index contributed by atoms with van der Waals surface area (Å²) in [4.78, 5) is 8.77. The van der Waals surface area contributed by atoms with E-state index in [9.17, 15) is 0 Å². The smallest absolute Gasteiger partial charge is 0.226 e. The molecule has 0 saturated heterocycles. The van der Waals surface area contributed by atoms with Crippen LogP contribution in [0.1, 0.15) is 39.3 Å². The van der Waals surface area contributed by atoms with E-state index in [-0.39, 0.29) is 0 Å². The van der Waals surface area contributed by atoms with E-state index in [0.29, 0.717) is 29.8 Å². The molecule has 0 amide bonds. The van der Waals surface area contributed by atoms with E-state index in [1.165, 1.54) is 12.8 Å². The Morgan fingerprint density at radius 3 is 2.67 bits per heavy atom. The first kappa shape index (κ1) is 13.1. The minimum atomic E-state index is 0.457. The van der Waals surface area contributed by atoms with Gasteiger partial charge in [0, 0.05) is 18.3 Å². The second-order valence-electron chi connectivity index (χ2n) is 5.47. The Labute approximate surface area is 109 Å². The summed E-state index contributed by atoms with van der Waals surface area (Å²) in [6.45, 7) is 10.1. The maximum atomic E-state index is 5.43. The second-order valence-corrected chi connectivity index (χ2v) is 5.47. The third-order valence-electron chi connectivity index (χ3n) is 3.84. The molecule has 1 aromatic heterocycles. The summed E-state index contributed by atoms with van der Waals surface area (Å²) in [7, 11) is 0. The van der Waals surface area contributed by atoms with E-state index in [4.69, 9.17) is 4.74 Å². The van der Waals surface area contributed by atoms with E-state index in [0.717, 1.165) is 12.2 Å². The van der Waals surface area contributed by atoms with Crippen molar-refractivity contribution in [2.45, 2.75) is 40.5 Å². The number of aryl methyl sites for hydroxylation is 1. The highest BCUT2D eigenvalue weighted by molar-refractivity contribution is 5.31. The van der Waals surface area contributed by atoms with Crippen LogP contribution in [-0.2, 0) is 0 Å². The fourth-order valence-corrected chi connectivity index (χ4v) is 2.21. The lowest BCUT2D eigenvalue weighted by atomic mass is 9.92. The van der Waals surface area contributed by atoms with Crippen molar-refractivity contribution in [2.24, 2.45) is 11.3 Å². The zero-order valence-electron chi connectivity index (χ0n) is 11.8. The van der Waals surface area contributed by atoms with Gasteiger partial charge in [-0.05, 0) is 38.0 Å². The van der Waals surface area contributed by atoms with Crippen LogP contribution in [0.15, 0.2) is 6.07 Å². The third kappa shape index (κ3) is 2.92. The van der Waals surface area contributed by atoms with Gasteiger partial charge in [-0.2, -0.15) is 4.98 Å². The van der Waals surface area contributed by atoms with Gasteiger partial charge in [0.05, 0.1) is 6.61 Å². The van der Waals surface area contributed by atoms with Crippen molar-refractivity contribution in [3.63, 3.8) is 0 Å². The lowest BCUT2D eigenvalue weighted by Crippen LogP contribution is -2.22. The van der Waals surface area contributed by atoms with Crippen LogP contribution in [0.25, 0.3) is 0 Å². The molecule has 1 aliphatic carbocycles. The van der Waals surface area contributed by atoms with Crippen molar-refractivity contribution in [3.05, 3.63) is 11.8 Å². The summed E-state index contributed by atoms with van der Waals surface area (Å²) in [5, 5.41) is 3.37. The highest BCUT2D eigenvalue weighted by Gasteiger charge is 2.45. The van der Waals surface area contributed by atoms with Crippen molar-refractivity contribution in [2.75, 3.05) is 18.5 Å². The molecule has 4 heteroatoms. The van der Waals surface area contributed by atoms with E-state index >= 15 is 0 Å². The molecule has 100 valence electrons. The molecule has 1 heterocycles. The quantitative estimate of drug-likeness (QED) is 0.841. The van der Waals surface area contributed by atoms with Crippen LogP contribution in [0.4, 0.5) is 5.95 Å². The Balaban J connectivity index is 2.01. The topological polar surface area (TPSA) is 47.0 Å². The van der Waals surface area contributed by atoms with Gasteiger partial charge in [0.1, 0.15) is 0 Å². The normalized spacial score (nSPS) is 16.7. The van der Waals surface area contributed by atoms with Crippen LogP contribution in [-0.4, -0.2) is 23.1 Å². The SMILES string of the molecule is CCOc1cc(C)nc(NCC2(C(C)C)CC2)n1. The maximum Gasteiger partial charge on any atom is 0.226 e. The molecule has 18 heavy (non-hydrogen) atoms. The van der Waals surface area contributed by atoms with Gasteiger partial charge < -0.3 is 10.1 Å². The standard InChI is InChI=1S/C14H23N3O/c1-5-18-12-8-11(4)16-13(17-12)15-9-14(6-7-14)10(2)3/h8,10H,5-7,9H2,1-4H3,(H,15,16,17). The molecule has 4 nitrogen and oxygen atoms in total. The largest absolute Gasteiger partial charge is 0.478 e. The molecule has 0 atom stereocenters. The highest BCUT2D eigenvalue weighted by atomic mass is 16.5. The molecule has 1 aliphatic rings. The number of nitrogens with one attached hydrogen (secondary N) is 1. The lowest BCUT2D eigenvalue weighted by molar-refractivity contribution is 0.326. The van der Waals surface area contributed by atoms with Gasteiger partial charge in [-0.15, -0.1) is 0 Å². The number of hydrogen-bond acceptors (Lipinski definition) is 4. The Morgan fingerprint density at radius 2 is 2.11 bits per heavy atom. The summed E-state index contributed by atoms with van der Waals surface area (Å²) >= 11 is 0. The van der Waals surface area contributed by atoms with Crippen LogP contribution in [0, 0.1) is 18.3 Å². The van der Waals surface area contributed by atoms with Crippen LogP contribution < -0.4 is 10.1 Å². The van der Waals surface area contributed by atoms with Gasteiger partial charge in [0.2, 0.25) is 11.8 Å². The van der Waals surface area contributed by atoms with Crippen molar-refractivity contribution in [3.8, 4) is 5.88 Å². The molecule has 1 fully saturated rings. The molecule has 1 aromatic rings. The Hall–Kier alpha value is -1.32. The minimum Gasteiger partial charge on any atom is -0.478 e. The zero-order valence-corrected chi connectivity index (χ0v) is 11.8. The first-order valence-electron chi connectivity index (χ1n) is 6.78. The third-order valence-corrected chi connectivity index (χ3v) is 3.84. The van der Waals surface area contributed by atoms with Crippen LogP contribution >= 0.6 is 0 Å². The van der Waals surface area contributed by atoms with Crippen molar-refractivity contribution in [1.29, 1.82) is 0 Å². The maximum absolute atomic E-state index is 5.43. The molecule has 0 unspecified atom stereocenters. The average molecular weight is 249 g/mol. The predicted molar refractivity (Wildman–Crippen MR) is 72.9 cm³/mol. The minimum absolute atomic E-state index is 0.457. The summed E-state index contributed by atoms with van der Waals surface area (Å²) in [5.41, 5.74) is 1.39. The summed E-state index contributed by atoms with van der Waals surface area (Å²) in [6.07, 6.45) is 2.61. The van der Waals surface area contributed by atoms with Crippen LogP contribution in [0.5, 0.6) is 5.88 Å². The first-order chi connectivity index (χ1) is 8.55. The van der Waals surface area contributed by atoms with Crippen molar-refractivity contribution >= 4 is 5.95 Å². The van der Waals surface area contributed by atoms with E-state index in [2.05, 4.69) is 29.1 Å². The van der Waals surface area contributed by atoms with Crippen LogP contribution in [0.3, 0.4) is 0 Å². The second kappa shape index (κ2) is 5.12. The molecule has 1 N–H and O–H groups in total. The molecule has 0 bridgehead atoms. The molecule has 2 rings (SSSR count). The zero-order chi connectivity index (χ0) is 13.2. The number of nitrogens with zero attached hydrogens (tertiary/aromatic N) is 2. The van der Waals surface area contributed by atoms with Gasteiger partial charge in [-0.25, -0.2) is 4.98 Å². The summed E-state index contributed by atoms with van der Waals surface area (Å²) in [5.74, 6) is 2.05.